The standard InChI is InChI=1S/C23H21NO4/c1-27-16-12-10-15(11-13-16)20-14-18(17-6-2-3-7-19(17)24-20)23(26)28-22-9-5-4-8-21(22)25/h2-3,6-7,10-14,22H,4-5,8-9H2,1H3/t22-/m1/s1. The van der Waals surface area contributed by atoms with Gasteiger partial charge in [-0.15, -0.1) is 0 Å². The van der Waals surface area contributed by atoms with E-state index in [0.29, 0.717) is 35.0 Å². The third-order valence-corrected chi connectivity index (χ3v) is 5.07. The maximum absolute atomic E-state index is 12.9. The number of benzene rings is 2. The van der Waals surface area contributed by atoms with Crippen LogP contribution in [0.4, 0.5) is 0 Å². The number of para-hydroxylation sites is 1. The number of fused-ring (bicyclic) bond motifs is 1. The molecule has 2 aromatic carbocycles. The van der Waals surface area contributed by atoms with Crippen molar-refractivity contribution in [1.29, 1.82) is 0 Å². The van der Waals surface area contributed by atoms with Crippen molar-refractivity contribution >= 4 is 22.7 Å². The fraction of sp³-hybridized carbons (Fsp3) is 0.261. The number of carbonyl (C=O) groups excluding carboxylic acids is 2. The van der Waals surface area contributed by atoms with Gasteiger partial charge >= 0.3 is 5.97 Å². The van der Waals surface area contributed by atoms with Crippen LogP contribution in [-0.2, 0) is 9.53 Å². The molecule has 1 aliphatic rings. The number of hydrogen-bond donors (Lipinski definition) is 0. The molecule has 0 unspecified atom stereocenters. The minimum absolute atomic E-state index is 0.00772. The molecule has 1 aromatic heterocycles. The van der Waals surface area contributed by atoms with Crippen LogP contribution in [0.5, 0.6) is 5.75 Å². The van der Waals surface area contributed by atoms with Gasteiger partial charge in [0.05, 0.1) is 23.9 Å². The van der Waals surface area contributed by atoms with Crippen LogP contribution in [0.3, 0.4) is 0 Å². The summed E-state index contributed by atoms with van der Waals surface area (Å²) in [6.45, 7) is 0. The van der Waals surface area contributed by atoms with Crippen molar-refractivity contribution < 1.29 is 19.1 Å². The molecule has 1 heterocycles. The minimum Gasteiger partial charge on any atom is -0.497 e. The summed E-state index contributed by atoms with van der Waals surface area (Å²) in [7, 11) is 1.62. The van der Waals surface area contributed by atoms with E-state index in [1.165, 1.54) is 0 Å². The zero-order chi connectivity index (χ0) is 19.5. The van der Waals surface area contributed by atoms with Gasteiger partial charge in [0.1, 0.15) is 5.75 Å². The highest BCUT2D eigenvalue weighted by molar-refractivity contribution is 6.05. The molecule has 0 radical (unpaired) electrons. The molecule has 0 aliphatic heterocycles. The van der Waals surface area contributed by atoms with E-state index in [9.17, 15) is 9.59 Å². The molecule has 0 spiro atoms. The average molecular weight is 375 g/mol. The summed E-state index contributed by atoms with van der Waals surface area (Å²) in [5.74, 6) is 0.280. The maximum Gasteiger partial charge on any atom is 0.339 e. The Morgan fingerprint density at radius 1 is 1.07 bits per heavy atom. The van der Waals surface area contributed by atoms with Crippen molar-refractivity contribution in [3.05, 3.63) is 60.2 Å². The third kappa shape index (κ3) is 3.60. The Balaban J connectivity index is 1.73. The van der Waals surface area contributed by atoms with Gasteiger partial charge in [0.25, 0.3) is 0 Å². The van der Waals surface area contributed by atoms with Crippen molar-refractivity contribution in [2.75, 3.05) is 7.11 Å². The van der Waals surface area contributed by atoms with E-state index >= 15 is 0 Å². The van der Waals surface area contributed by atoms with Crippen LogP contribution in [0.2, 0.25) is 0 Å². The van der Waals surface area contributed by atoms with E-state index in [1.54, 1.807) is 13.2 Å². The number of ether oxygens (including phenoxy) is 2. The van der Waals surface area contributed by atoms with Crippen LogP contribution >= 0.6 is 0 Å². The van der Waals surface area contributed by atoms with Gasteiger partial charge in [-0.2, -0.15) is 0 Å². The van der Waals surface area contributed by atoms with Crippen LogP contribution < -0.4 is 4.74 Å². The summed E-state index contributed by atoms with van der Waals surface area (Å²) < 4.78 is 10.8. The Hall–Kier alpha value is -3.21. The smallest absolute Gasteiger partial charge is 0.339 e. The quantitative estimate of drug-likeness (QED) is 0.625. The summed E-state index contributed by atoms with van der Waals surface area (Å²) in [6, 6.07) is 16.7. The number of esters is 1. The lowest BCUT2D eigenvalue weighted by Gasteiger charge is -2.21. The van der Waals surface area contributed by atoms with Gasteiger partial charge in [-0.25, -0.2) is 9.78 Å². The van der Waals surface area contributed by atoms with Crippen molar-refractivity contribution in [2.45, 2.75) is 31.8 Å². The lowest BCUT2D eigenvalue weighted by atomic mass is 9.96. The molecule has 4 rings (SSSR count). The van der Waals surface area contributed by atoms with Crippen molar-refractivity contribution in [1.82, 2.24) is 4.98 Å². The van der Waals surface area contributed by atoms with Crippen LogP contribution in [0.15, 0.2) is 54.6 Å². The largest absolute Gasteiger partial charge is 0.497 e. The van der Waals surface area contributed by atoms with Crippen molar-refractivity contribution in [2.24, 2.45) is 0 Å². The van der Waals surface area contributed by atoms with Gasteiger partial charge in [0, 0.05) is 17.4 Å². The average Bonchev–Trinajstić information content (AvgIpc) is 2.74. The molecular formula is C23H21NO4. The monoisotopic (exact) mass is 375 g/mol. The summed E-state index contributed by atoms with van der Waals surface area (Å²) in [6.07, 6.45) is 2.20. The first-order valence-electron chi connectivity index (χ1n) is 9.43. The Bertz CT molecular complexity index is 1030. The molecular weight excluding hydrogens is 354 g/mol. The van der Waals surface area contributed by atoms with Gasteiger partial charge in [-0.3, -0.25) is 4.79 Å². The van der Waals surface area contributed by atoms with Crippen LogP contribution in [0.1, 0.15) is 36.0 Å². The van der Waals surface area contributed by atoms with E-state index in [1.807, 2.05) is 48.5 Å². The molecule has 3 aromatic rings. The molecule has 1 saturated carbocycles. The SMILES string of the molecule is COc1ccc(-c2cc(C(=O)O[C@@H]3CCCCC3=O)c3ccccc3n2)cc1. The number of Topliss-reactive ketones (excluding diaryl/α,β-unsaturated/α-hetero) is 1. The maximum atomic E-state index is 12.9. The summed E-state index contributed by atoms with van der Waals surface area (Å²) in [5, 5.41) is 0.716. The first-order chi connectivity index (χ1) is 13.7. The zero-order valence-corrected chi connectivity index (χ0v) is 15.7. The molecule has 0 saturated heterocycles. The van der Waals surface area contributed by atoms with E-state index in [0.717, 1.165) is 24.2 Å². The van der Waals surface area contributed by atoms with Crippen LogP contribution in [0.25, 0.3) is 22.2 Å². The van der Waals surface area contributed by atoms with Crippen molar-refractivity contribution in [3.63, 3.8) is 0 Å². The van der Waals surface area contributed by atoms with Gasteiger partial charge in [0.2, 0.25) is 0 Å². The van der Waals surface area contributed by atoms with E-state index in [2.05, 4.69) is 0 Å². The van der Waals surface area contributed by atoms with E-state index in [-0.39, 0.29) is 5.78 Å². The van der Waals surface area contributed by atoms with Gasteiger partial charge in [-0.1, -0.05) is 18.2 Å². The Morgan fingerprint density at radius 3 is 2.61 bits per heavy atom. The molecule has 28 heavy (non-hydrogen) atoms. The summed E-state index contributed by atoms with van der Waals surface area (Å²) >= 11 is 0. The number of rotatable bonds is 4. The molecule has 5 nitrogen and oxygen atoms in total. The number of nitrogens with zero attached hydrogens (tertiary/aromatic N) is 1. The molecule has 0 bridgehead atoms. The first kappa shape index (κ1) is 18.2. The number of pyridine rings is 1. The number of methoxy groups -OCH3 is 1. The molecule has 1 fully saturated rings. The van der Waals surface area contributed by atoms with Crippen molar-refractivity contribution in [3.8, 4) is 17.0 Å². The number of hydrogen-bond acceptors (Lipinski definition) is 5. The fourth-order valence-corrected chi connectivity index (χ4v) is 3.52. The van der Waals surface area contributed by atoms with Crippen LogP contribution in [0, 0.1) is 0 Å². The third-order valence-electron chi connectivity index (χ3n) is 5.07. The Labute approximate surface area is 163 Å². The second-order valence-corrected chi connectivity index (χ2v) is 6.91. The van der Waals surface area contributed by atoms with Gasteiger partial charge < -0.3 is 9.47 Å². The highest BCUT2D eigenvalue weighted by Crippen LogP contribution is 2.28. The van der Waals surface area contributed by atoms with Crippen LogP contribution in [-0.4, -0.2) is 30.0 Å². The van der Waals surface area contributed by atoms with E-state index < -0.39 is 12.1 Å². The normalized spacial score (nSPS) is 16.8. The fourth-order valence-electron chi connectivity index (χ4n) is 3.52. The second kappa shape index (κ2) is 7.80. The molecule has 1 aliphatic carbocycles. The topological polar surface area (TPSA) is 65.5 Å². The predicted octanol–water partition coefficient (Wildman–Crippen LogP) is 4.58. The molecule has 1 atom stereocenters. The Morgan fingerprint density at radius 2 is 1.86 bits per heavy atom. The second-order valence-electron chi connectivity index (χ2n) is 6.91. The Kier molecular flexibility index (Phi) is 5.06. The number of carbonyl (C=O) groups is 2. The van der Waals surface area contributed by atoms with E-state index in [4.69, 9.17) is 14.5 Å². The highest BCUT2D eigenvalue weighted by Gasteiger charge is 2.27. The van der Waals surface area contributed by atoms with Gasteiger partial charge in [0.15, 0.2) is 11.9 Å². The highest BCUT2D eigenvalue weighted by atomic mass is 16.5. The summed E-state index contributed by atoms with van der Waals surface area (Å²) in [5.41, 5.74) is 2.67. The van der Waals surface area contributed by atoms with Gasteiger partial charge in [-0.05, 0) is 55.7 Å². The molecule has 0 amide bonds. The molecule has 0 N–H and O–H groups in total. The number of aromatic nitrogens is 1. The minimum atomic E-state index is -0.641. The first-order valence-corrected chi connectivity index (χ1v) is 9.43. The lowest BCUT2D eigenvalue weighted by molar-refractivity contribution is -0.129. The number of ketones is 1. The predicted molar refractivity (Wildman–Crippen MR) is 106 cm³/mol. The lowest BCUT2D eigenvalue weighted by Crippen LogP contribution is -2.30. The molecule has 5 heteroatoms. The zero-order valence-electron chi connectivity index (χ0n) is 15.7. The summed E-state index contributed by atoms with van der Waals surface area (Å²) in [4.78, 5) is 29.7. The molecule has 142 valence electrons.